The molecule has 7 heteroatoms. The lowest BCUT2D eigenvalue weighted by Crippen LogP contribution is -2.48. The Balaban J connectivity index is 1.86. The number of pyridine rings is 1. The Hall–Kier alpha value is -3.45. The van der Waals surface area contributed by atoms with Crippen LogP contribution in [0.1, 0.15) is 49.1 Å². The molecule has 3 aromatic rings. The minimum atomic E-state index is -1.59. The van der Waals surface area contributed by atoms with Gasteiger partial charge in [0, 0.05) is 36.6 Å². The predicted octanol–water partition coefficient (Wildman–Crippen LogP) is 6.21. The third kappa shape index (κ3) is 5.46. The van der Waals surface area contributed by atoms with Crippen LogP contribution in [0.15, 0.2) is 60.9 Å². The van der Waals surface area contributed by atoms with Crippen LogP contribution in [0.2, 0.25) is 0 Å². The maximum absolute atomic E-state index is 15.4. The summed E-state index contributed by atoms with van der Waals surface area (Å²) in [5.41, 5.74) is 1.85. The molecule has 0 radical (unpaired) electrons. The van der Waals surface area contributed by atoms with Gasteiger partial charge in [-0.15, -0.1) is 0 Å². The molecule has 0 saturated carbocycles. The van der Waals surface area contributed by atoms with Gasteiger partial charge in [-0.2, -0.15) is 0 Å². The van der Waals surface area contributed by atoms with E-state index < -0.39 is 29.3 Å². The van der Waals surface area contributed by atoms with E-state index in [0.29, 0.717) is 12.0 Å². The lowest BCUT2D eigenvalue weighted by Gasteiger charge is -2.44. The van der Waals surface area contributed by atoms with E-state index in [1.807, 2.05) is 37.3 Å². The van der Waals surface area contributed by atoms with Crippen molar-refractivity contribution in [1.29, 1.82) is 0 Å². The number of halogens is 3. The number of carboxylic acids is 1. The highest BCUT2D eigenvalue weighted by Crippen LogP contribution is 2.42. The summed E-state index contributed by atoms with van der Waals surface area (Å²) in [6, 6.07) is 10.7. The molecule has 0 saturated heterocycles. The van der Waals surface area contributed by atoms with E-state index in [-0.39, 0.29) is 23.7 Å². The van der Waals surface area contributed by atoms with Gasteiger partial charge in [0.25, 0.3) is 0 Å². The minimum absolute atomic E-state index is 0.0117. The van der Waals surface area contributed by atoms with Gasteiger partial charge in [0.1, 0.15) is 17.3 Å². The summed E-state index contributed by atoms with van der Waals surface area (Å²) in [5.74, 6) is -2.83. The molecule has 1 aromatic heterocycles. The first-order chi connectivity index (χ1) is 16.5. The second kappa shape index (κ2) is 9.66. The third-order valence-corrected chi connectivity index (χ3v) is 6.20. The summed E-state index contributed by atoms with van der Waals surface area (Å²) in [6.45, 7) is 4.81. The van der Waals surface area contributed by atoms with Crippen molar-refractivity contribution < 1.29 is 23.1 Å². The van der Waals surface area contributed by atoms with Gasteiger partial charge < -0.3 is 5.11 Å². The van der Waals surface area contributed by atoms with E-state index in [4.69, 9.17) is 5.11 Å². The van der Waals surface area contributed by atoms with Crippen LogP contribution >= 0.6 is 0 Å². The molecule has 2 heterocycles. The number of benzene rings is 2. The fourth-order valence-electron chi connectivity index (χ4n) is 4.76. The molecule has 1 aliphatic rings. The highest BCUT2D eigenvalue weighted by molar-refractivity contribution is 5.85. The number of carbonyl (C=O) groups is 1. The van der Waals surface area contributed by atoms with Crippen LogP contribution in [0.5, 0.6) is 0 Å². The smallest absolute Gasteiger partial charge is 0.328 e. The molecule has 1 N–H and O–H groups in total. The lowest BCUT2D eigenvalue weighted by atomic mass is 9.82. The molecule has 2 aromatic carbocycles. The molecule has 0 aliphatic carbocycles. The number of rotatable bonds is 6. The van der Waals surface area contributed by atoms with Crippen LogP contribution in [0, 0.1) is 11.6 Å². The first-order valence-corrected chi connectivity index (χ1v) is 11.4. The maximum atomic E-state index is 15.4. The average Bonchev–Trinajstić information content (AvgIpc) is 2.78. The number of nitrogens with zero attached hydrogens (tertiary/aromatic N) is 2. The number of aliphatic carboxylic acids is 1. The Bertz CT molecular complexity index is 1250. The Kier molecular flexibility index (Phi) is 6.81. The van der Waals surface area contributed by atoms with Crippen molar-refractivity contribution in [3.05, 3.63) is 94.8 Å². The van der Waals surface area contributed by atoms with Crippen molar-refractivity contribution in [3.8, 4) is 11.1 Å². The van der Waals surface area contributed by atoms with Crippen molar-refractivity contribution in [3.63, 3.8) is 0 Å². The second-order valence-electron chi connectivity index (χ2n) is 9.57. The topological polar surface area (TPSA) is 53.4 Å². The number of fused-ring (bicyclic) bond motifs is 1. The van der Waals surface area contributed by atoms with Crippen LogP contribution in [0.4, 0.5) is 13.2 Å². The van der Waals surface area contributed by atoms with E-state index in [1.54, 1.807) is 17.3 Å². The quantitative estimate of drug-likeness (QED) is 0.426. The summed E-state index contributed by atoms with van der Waals surface area (Å²) in [7, 11) is 0. The number of carboxylic acid groups (broad SMARTS) is 1. The van der Waals surface area contributed by atoms with E-state index in [9.17, 15) is 9.18 Å². The minimum Gasteiger partial charge on any atom is -0.478 e. The van der Waals surface area contributed by atoms with Gasteiger partial charge in [0.2, 0.25) is 0 Å². The molecule has 0 amide bonds. The molecular formula is C28H27F3N2O2. The molecule has 0 unspecified atom stereocenters. The Morgan fingerprint density at radius 2 is 1.89 bits per heavy atom. The number of aromatic nitrogens is 1. The second-order valence-corrected chi connectivity index (χ2v) is 9.57. The Morgan fingerprint density at radius 3 is 2.49 bits per heavy atom. The number of hydrogen-bond donors (Lipinski definition) is 1. The summed E-state index contributed by atoms with van der Waals surface area (Å²) >= 11 is 0. The zero-order valence-corrected chi connectivity index (χ0v) is 19.8. The zero-order valence-electron chi connectivity index (χ0n) is 19.8. The van der Waals surface area contributed by atoms with Gasteiger partial charge in [-0.05, 0) is 79.3 Å². The van der Waals surface area contributed by atoms with Gasteiger partial charge >= 0.3 is 5.97 Å². The summed E-state index contributed by atoms with van der Waals surface area (Å²) in [6.07, 6.45) is 6.00. The normalized spacial score (nSPS) is 18.6. The monoisotopic (exact) mass is 480 g/mol. The first-order valence-electron chi connectivity index (χ1n) is 11.4. The summed E-state index contributed by atoms with van der Waals surface area (Å²) < 4.78 is 45.7. The van der Waals surface area contributed by atoms with Crippen LogP contribution in [0.25, 0.3) is 17.2 Å². The molecule has 35 heavy (non-hydrogen) atoms. The fourth-order valence-corrected chi connectivity index (χ4v) is 4.76. The molecule has 0 fully saturated rings. The van der Waals surface area contributed by atoms with Gasteiger partial charge in [-0.25, -0.2) is 18.0 Å². The Morgan fingerprint density at radius 1 is 1.17 bits per heavy atom. The van der Waals surface area contributed by atoms with Crippen molar-refractivity contribution in [2.45, 2.75) is 44.9 Å². The standard InChI is InChI=1S/C28H27F3N2O2/c1-17-11-21-14-19(20-5-4-10-32-15-20)7-8-22(21)27(33(17)16-28(2,3)31)26-23(29)12-18(13-24(26)30)6-9-25(34)35/h4-10,12-15,17,27H,11,16H2,1-3H3,(H,34,35)/b9-6+/t17-,27+/m1/s1. The molecule has 4 rings (SSSR count). The highest BCUT2D eigenvalue weighted by Gasteiger charge is 2.39. The van der Waals surface area contributed by atoms with Gasteiger partial charge in [0.05, 0.1) is 6.04 Å². The SMILES string of the molecule is C[C@@H]1Cc2cc(-c3cccnc3)ccc2[C@@H](c2c(F)cc(/C=C/C(=O)O)cc2F)N1CC(C)(C)F. The van der Waals surface area contributed by atoms with E-state index in [2.05, 4.69) is 4.98 Å². The van der Waals surface area contributed by atoms with Crippen LogP contribution in [0.3, 0.4) is 0 Å². The van der Waals surface area contributed by atoms with Crippen molar-refractivity contribution in [2.75, 3.05) is 6.54 Å². The molecule has 2 atom stereocenters. The lowest BCUT2D eigenvalue weighted by molar-refractivity contribution is -0.131. The fraction of sp³-hybridized carbons (Fsp3) is 0.286. The molecule has 182 valence electrons. The van der Waals surface area contributed by atoms with Crippen LogP contribution < -0.4 is 0 Å². The molecule has 1 aliphatic heterocycles. The van der Waals surface area contributed by atoms with E-state index >= 15 is 8.78 Å². The molecule has 0 spiro atoms. The largest absolute Gasteiger partial charge is 0.478 e. The van der Waals surface area contributed by atoms with Gasteiger partial charge in [0.15, 0.2) is 0 Å². The van der Waals surface area contributed by atoms with Gasteiger partial charge in [-0.1, -0.05) is 24.3 Å². The average molecular weight is 481 g/mol. The zero-order chi connectivity index (χ0) is 25.3. The molecular weight excluding hydrogens is 453 g/mol. The molecule has 4 nitrogen and oxygen atoms in total. The van der Waals surface area contributed by atoms with Crippen molar-refractivity contribution >= 4 is 12.0 Å². The summed E-state index contributed by atoms with van der Waals surface area (Å²) in [5, 5.41) is 8.84. The Labute approximate surface area is 202 Å². The van der Waals surface area contributed by atoms with Crippen LogP contribution in [-0.4, -0.2) is 39.2 Å². The maximum Gasteiger partial charge on any atom is 0.328 e. The van der Waals surface area contributed by atoms with Crippen LogP contribution in [-0.2, 0) is 11.2 Å². The third-order valence-electron chi connectivity index (χ3n) is 6.20. The van der Waals surface area contributed by atoms with Crippen molar-refractivity contribution in [1.82, 2.24) is 9.88 Å². The summed E-state index contributed by atoms with van der Waals surface area (Å²) in [4.78, 5) is 16.8. The van der Waals surface area contributed by atoms with Crippen molar-refractivity contribution in [2.24, 2.45) is 0 Å². The van der Waals surface area contributed by atoms with E-state index in [1.165, 1.54) is 13.8 Å². The van der Waals surface area contributed by atoms with Gasteiger partial charge in [-0.3, -0.25) is 9.88 Å². The predicted molar refractivity (Wildman–Crippen MR) is 130 cm³/mol. The molecule has 0 bridgehead atoms. The van der Waals surface area contributed by atoms with E-state index in [0.717, 1.165) is 41.0 Å². The number of alkyl halides is 1. The highest BCUT2D eigenvalue weighted by atomic mass is 19.1. The first kappa shape index (κ1) is 24.7. The number of hydrogen-bond acceptors (Lipinski definition) is 3.